The molecule has 0 spiro atoms. The van der Waals surface area contributed by atoms with Crippen LogP contribution in [0.4, 0.5) is 17.6 Å². The van der Waals surface area contributed by atoms with Gasteiger partial charge in [-0.1, -0.05) is 70.2 Å². The van der Waals surface area contributed by atoms with Gasteiger partial charge in [0.05, 0.1) is 23.1 Å². The number of aliphatic imine (C=N–C) groups is 1. The summed E-state index contributed by atoms with van der Waals surface area (Å²) in [6.07, 6.45) is -1.84. The second-order valence-corrected chi connectivity index (χ2v) is 11.1. The van der Waals surface area contributed by atoms with Crippen LogP contribution in [0, 0.1) is 16.6 Å². The third-order valence-corrected chi connectivity index (χ3v) is 7.74. The molecule has 2 aromatic carbocycles. The summed E-state index contributed by atoms with van der Waals surface area (Å²) >= 11 is 0. The lowest BCUT2D eigenvalue weighted by atomic mass is 9.63. The van der Waals surface area contributed by atoms with Gasteiger partial charge in [-0.25, -0.2) is 4.39 Å². The van der Waals surface area contributed by atoms with Gasteiger partial charge in [-0.05, 0) is 47.4 Å². The van der Waals surface area contributed by atoms with E-state index in [9.17, 15) is 22.7 Å². The molecule has 0 aliphatic carbocycles. The molecule has 3 aromatic rings. The van der Waals surface area contributed by atoms with Crippen molar-refractivity contribution >= 4 is 5.84 Å². The van der Waals surface area contributed by atoms with E-state index in [2.05, 4.69) is 43.0 Å². The number of rotatable bonds is 10. The van der Waals surface area contributed by atoms with E-state index in [0.29, 0.717) is 24.1 Å². The second kappa shape index (κ2) is 12.3. The van der Waals surface area contributed by atoms with Gasteiger partial charge in [-0.2, -0.15) is 13.2 Å². The van der Waals surface area contributed by atoms with Crippen molar-refractivity contribution in [1.29, 1.82) is 0 Å². The average molecular weight is 544 g/mol. The number of aliphatic hydroxyl groups excluding tert-OH is 1. The number of nitrogens with one attached hydrogen (secondary N) is 1. The van der Waals surface area contributed by atoms with Crippen molar-refractivity contribution in [2.45, 2.75) is 59.2 Å². The Balaban J connectivity index is 1.71. The summed E-state index contributed by atoms with van der Waals surface area (Å²) < 4.78 is 53.0. The number of pyridine rings is 1. The monoisotopic (exact) mass is 543 g/mol. The van der Waals surface area contributed by atoms with Crippen molar-refractivity contribution in [3.8, 4) is 11.3 Å². The van der Waals surface area contributed by atoms with Gasteiger partial charge in [-0.3, -0.25) is 9.98 Å². The summed E-state index contributed by atoms with van der Waals surface area (Å²) in [4.78, 5) is 8.45. The fraction of sp³-hybridized carbons (Fsp3) is 0.419. The Morgan fingerprint density at radius 2 is 1.62 bits per heavy atom. The maximum absolute atomic E-state index is 14.5. The quantitative estimate of drug-likeness (QED) is 0.157. The number of amidine groups is 1. The maximum atomic E-state index is 14.5. The predicted molar refractivity (Wildman–Crippen MR) is 148 cm³/mol. The van der Waals surface area contributed by atoms with E-state index in [1.54, 1.807) is 25.2 Å². The number of aromatic nitrogens is 1. The fourth-order valence-corrected chi connectivity index (χ4v) is 4.52. The molecule has 0 radical (unpaired) electrons. The van der Waals surface area contributed by atoms with Gasteiger partial charge >= 0.3 is 6.18 Å². The molecule has 0 aliphatic heterocycles. The second-order valence-electron chi connectivity index (χ2n) is 11.1. The molecular formula is C31H37F4N3O. The van der Waals surface area contributed by atoms with Crippen LogP contribution in [0.25, 0.3) is 11.3 Å². The lowest BCUT2D eigenvalue weighted by molar-refractivity contribution is -0.137. The minimum atomic E-state index is -4.41. The van der Waals surface area contributed by atoms with Crippen LogP contribution in [-0.2, 0) is 12.6 Å². The summed E-state index contributed by atoms with van der Waals surface area (Å²) in [5, 5.41) is 13.0. The van der Waals surface area contributed by atoms with Crippen molar-refractivity contribution in [2.24, 2.45) is 15.8 Å². The molecule has 0 fully saturated rings. The molecule has 2 N–H and O–H groups in total. The highest BCUT2D eigenvalue weighted by Gasteiger charge is 2.38. The van der Waals surface area contributed by atoms with Crippen molar-refractivity contribution in [2.75, 3.05) is 13.7 Å². The van der Waals surface area contributed by atoms with Crippen molar-refractivity contribution in [3.63, 3.8) is 0 Å². The molecule has 0 saturated carbocycles. The lowest BCUT2D eigenvalue weighted by Gasteiger charge is -2.43. The zero-order chi connectivity index (χ0) is 28.8. The third kappa shape index (κ3) is 7.66. The Labute approximate surface area is 228 Å². The standard InChI is InChI=1S/C31H37F4N3O/c1-29(2,18-21-10-12-22(13-11-21)26-15-14-23(20-37-26)31(33,34)35)30(3,4)19-28(36-5)38-27(16-17-39)24-8-6-7-9-25(24)32/h6-15,20,27,39H,16-19H2,1-5H3,(H,36,38)/t27-/m0/s1. The summed E-state index contributed by atoms with van der Waals surface area (Å²) in [6, 6.07) is 16.3. The summed E-state index contributed by atoms with van der Waals surface area (Å²) in [6.45, 7) is 8.63. The molecule has 8 heteroatoms. The largest absolute Gasteiger partial charge is 0.417 e. The summed E-state index contributed by atoms with van der Waals surface area (Å²) in [5.41, 5.74) is 1.65. The number of aliphatic hydroxyl groups is 1. The molecule has 0 aliphatic rings. The maximum Gasteiger partial charge on any atom is 0.417 e. The van der Waals surface area contributed by atoms with Crippen LogP contribution in [0.1, 0.15) is 63.3 Å². The third-order valence-electron chi connectivity index (χ3n) is 7.74. The van der Waals surface area contributed by atoms with E-state index in [4.69, 9.17) is 0 Å². The first-order valence-corrected chi connectivity index (χ1v) is 13.0. The Kier molecular flexibility index (Phi) is 9.54. The molecule has 0 unspecified atom stereocenters. The van der Waals surface area contributed by atoms with E-state index < -0.39 is 17.8 Å². The number of hydrogen-bond donors (Lipinski definition) is 2. The number of nitrogens with zero attached hydrogens (tertiary/aromatic N) is 2. The van der Waals surface area contributed by atoms with Gasteiger partial charge in [-0.15, -0.1) is 0 Å². The van der Waals surface area contributed by atoms with E-state index in [1.807, 2.05) is 24.3 Å². The van der Waals surface area contributed by atoms with Crippen LogP contribution in [0.2, 0.25) is 0 Å². The molecule has 1 aromatic heterocycles. The first-order valence-electron chi connectivity index (χ1n) is 13.0. The fourth-order valence-electron chi connectivity index (χ4n) is 4.52. The van der Waals surface area contributed by atoms with Crippen LogP contribution < -0.4 is 5.32 Å². The zero-order valence-corrected chi connectivity index (χ0v) is 23.1. The van der Waals surface area contributed by atoms with Crippen LogP contribution in [0.5, 0.6) is 0 Å². The van der Waals surface area contributed by atoms with E-state index in [0.717, 1.165) is 35.6 Å². The molecule has 210 valence electrons. The van der Waals surface area contributed by atoms with Crippen LogP contribution in [0.3, 0.4) is 0 Å². The Morgan fingerprint density at radius 1 is 0.949 bits per heavy atom. The lowest BCUT2D eigenvalue weighted by Crippen LogP contribution is -2.40. The first-order chi connectivity index (χ1) is 18.3. The summed E-state index contributed by atoms with van der Waals surface area (Å²) in [7, 11) is 1.71. The van der Waals surface area contributed by atoms with Crippen LogP contribution in [-0.4, -0.2) is 29.6 Å². The molecule has 0 saturated heterocycles. The first kappa shape index (κ1) is 30.3. The van der Waals surface area contributed by atoms with Crippen LogP contribution >= 0.6 is 0 Å². The molecule has 0 amide bonds. The van der Waals surface area contributed by atoms with Gasteiger partial charge < -0.3 is 10.4 Å². The number of alkyl halides is 3. The molecular weight excluding hydrogens is 506 g/mol. The smallest absolute Gasteiger partial charge is 0.396 e. The predicted octanol–water partition coefficient (Wildman–Crippen LogP) is 7.63. The topological polar surface area (TPSA) is 57.5 Å². The van der Waals surface area contributed by atoms with Gasteiger partial charge in [0.1, 0.15) is 5.82 Å². The minimum Gasteiger partial charge on any atom is -0.396 e. The molecule has 4 nitrogen and oxygen atoms in total. The Hall–Kier alpha value is -3.26. The van der Waals surface area contributed by atoms with E-state index >= 15 is 0 Å². The zero-order valence-electron chi connectivity index (χ0n) is 23.1. The van der Waals surface area contributed by atoms with E-state index in [-0.39, 0.29) is 23.3 Å². The average Bonchev–Trinajstić information content (AvgIpc) is 2.88. The molecule has 1 heterocycles. The normalized spacial score (nSPS) is 13.8. The van der Waals surface area contributed by atoms with Crippen LogP contribution in [0.15, 0.2) is 71.9 Å². The Bertz CT molecular complexity index is 1250. The Morgan fingerprint density at radius 3 is 2.15 bits per heavy atom. The number of benzene rings is 2. The van der Waals surface area contributed by atoms with Crippen molar-refractivity contribution in [3.05, 3.63) is 89.4 Å². The van der Waals surface area contributed by atoms with Gasteiger partial charge in [0.25, 0.3) is 0 Å². The van der Waals surface area contributed by atoms with Crippen molar-refractivity contribution in [1.82, 2.24) is 10.3 Å². The molecule has 1 atom stereocenters. The van der Waals surface area contributed by atoms with E-state index in [1.165, 1.54) is 12.1 Å². The minimum absolute atomic E-state index is 0.0874. The van der Waals surface area contributed by atoms with Gasteiger partial charge in [0.15, 0.2) is 0 Å². The van der Waals surface area contributed by atoms with Gasteiger partial charge in [0, 0.05) is 37.4 Å². The highest BCUT2D eigenvalue weighted by molar-refractivity contribution is 5.83. The number of halogens is 4. The highest BCUT2D eigenvalue weighted by atomic mass is 19.4. The number of hydrogen-bond acceptors (Lipinski definition) is 3. The van der Waals surface area contributed by atoms with Crippen molar-refractivity contribution < 1.29 is 22.7 Å². The molecule has 3 rings (SSSR count). The van der Waals surface area contributed by atoms with Gasteiger partial charge in [0.2, 0.25) is 0 Å². The highest BCUT2D eigenvalue weighted by Crippen LogP contribution is 2.44. The molecule has 0 bridgehead atoms. The SMILES string of the molecule is CN=C(CC(C)(C)C(C)(C)Cc1ccc(-c2ccc(C(F)(F)F)cn2)cc1)N[C@@H](CCO)c1ccccc1F. The summed E-state index contributed by atoms with van der Waals surface area (Å²) in [5.74, 6) is 0.409. The molecule has 39 heavy (non-hydrogen) atoms.